The summed E-state index contributed by atoms with van der Waals surface area (Å²) in [6, 6.07) is 6.20. The molecule has 0 amide bonds. The number of carboxylic acids is 1. The quantitative estimate of drug-likeness (QED) is 0.389. The Balaban J connectivity index is 2.04. The molecular formula is C21H34BNO7S. The lowest BCUT2D eigenvalue weighted by Gasteiger charge is -2.32. The summed E-state index contributed by atoms with van der Waals surface area (Å²) in [7, 11) is -4.47. The van der Waals surface area contributed by atoms with Crippen molar-refractivity contribution in [1.29, 1.82) is 0 Å². The zero-order valence-electron chi connectivity index (χ0n) is 19.2. The molecule has 0 radical (unpaired) electrons. The maximum Gasteiger partial charge on any atom is 0.494 e. The van der Waals surface area contributed by atoms with Crippen LogP contribution in [-0.2, 0) is 28.9 Å². The first-order valence-corrected chi connectivity index (χ1v) is 12.1. The highest BCUT2D eigenvalue weighted by Crippen LogP contribution is 2.36. The zero-order chi connectivity index (χ0) is 23.4. The van der Waals surface area contributed by atoms with E-state index in [1.807, 2.05) is 34.6 Å². The zero-order valence-corrected chi connectivity index (χ0v) is 20.0. The van der Waals surface area contributed by atoms with Crippen molar-refractivity contribution in [1.82, 2.24) is 4.72 Å². The third-order valence-electron chi connectivity index (χ3n) is 5.97. The van der Waals surface area contributed by atoms with Crippen LogP contribution in [0, 0.1) is 5.92 Å². The Kier molecular flexibility index (Phi) is 8.32. The number of rotatable bonds is 11. The molecule has 2 N–H and O–H groups in total. The molecule has 1 aliphatic rings. The van der Waals surface area contributed by atoms with Crippen LogP contribution in [-0.4, -0.2) is 57.1 Å². The summed E-state index contributed by atoms with van der Waals surface area (Å²) in [5, 5.41) is 9.47. The van der Waals surface area contributed by atoms with Crippen LogP contribution in [0.4, 0.5) is 0 Å². The Morgan fingerprint density at radius 1 is 1.16 bits per heavy atom. The number of ether oxygens (including phenoxy) is 1. The lowest BCUT2D eigenvalue weighted by Crippen LogP contribution is -2.41. The molecule has 0 spiro atoms. The number of sulfonamides is 1. The normalized spacial score (nSPS) is 19.9. The second-order valence-corrected chi connectivity index (χ2v) is 10.7. The van der Waals surface area contributed by atoms with Crippen LogP contribution >= 0.6 is 0 Å². The van der Waals surface area contributed by atoms with Gasteiger partial charge in [-0.15, -0.1) is 0 Å². The van der Waals surface area contributed by atoms with Crippen molar-refractivity contribution in [2.75, 3.05) is 13.2 Å². The average Bonchev–Trinajstić information content (AvgIpc) is 2.89. The largest absolute Gasteiger partial charge is 0.494 e. The average molecular weight is 455 g/mol. The van der Waals surface area contributed by atoms with Gasteiger partial charge in [0.2, 0.25) is 10.0 Å². The molecule has 2 unspecified atom stereocenters. The fraction of sp³-hybridized carbons (Fsp3) is 0.667. The van der Waals surface area contributed by atoms with Gasteiger partial charge in [0.05, 0.1) is 28.1 Å². The van der Waals surface area contributed by atoms with E-state index in [2.05, 4.69) is 4.72 Å². The number of benzene rings is 1. The number of nitrogens with one attached hydrogen (secondary N) is 1. The van der Waals surface area contributed by atoms with Crippen molar-refractivity contribution in [3.63, 3.8) is 0 Å². The molecule has 2 rings (SSSR count). The molecule has 0 bridgehead atoms. The Morgan fingerprint density at radius 3 is 2.19 bits per heavy atom. The lowest BCUT2D eigenvalue weighted by molar-refractivity contribution is -0.146. The molecule has 10 heteroatoms. The summed E-state index contributed by atoms with van der Waals surface area (Å²) in [6.07, 6.45) is 1.13. The van der Waals surface area contributed by atoms with Gasteiger partial charge in [-0.2, -0.15) is 0 Å². The smallest absolute Gasteiger partial charge is 0.481 e. The Morgan fingerprint density at radius 2 is 1.71 bits per heavy atom. The molecule has 1 aromatic rings. The summed E-state index contributed by atoms with van der Waals surface area (Å²) in [6.45, 7) is 11.6. The SMILES string of the molecule is CCCCOC(C)C(CNS(=O)(=O)c1ccc(B2OC(C)(C)C(C)(C)O2)cc1)C(=O)O. The molecule has 0 saturated carbocycles. The third kappa shape index (κ3) is 6.29. The maximum atomic E-state index is 12.7. The number of unbranched alkanes of at least 4 members (excludes halogenated alkanes) is 1. The number of hydrogen-bond donors (Lipinski definition) is 2. The van der Waals surface area contributed by atoms with Gasteiger partial charge in [0.25, 0.3) is 0 Å². The number of carbonyl (C=O) groups is 1. The summed E-state index contributed by atoms with van der Waals surface area (Å²) in [5.41, 5.74) is -0.281. The van der Waals surface area contributed by atoms with Crippen LogP contribution in [0.2, 0.25) is 0 Å². The molecular weight excluding hydrogens is 421 g/mol. The Hall–Kier alpha value is -1.46. The van der Waals surface area contributed by atoms with Gasteiger partial charge in [0.15, 0.2) is 0 Å². The van der Waals surface area contributed by atoms with Crippen LogP contribution in [0.3, 0.4) is 0 Å². The first-order valence-electron chi connectivity index (χ1n) is 10.6. The number of hydrogen-bond acceptors (Lipinski definition) is 6. The van der Waals surface area contributed by atoms with Gasteiger partial charge in [-0.3, -0.25) is 4.79 Å². The topological polar surface area (TPSA) is 111 Å². The van der Waals surface area contributed by atoms with Gasteiger partial charge in [-0.05, 0) is 58.6 Å². The van der Waals surface area contributed by atoms with Crippen molar-refractivity contribution in [2.24, 2.45) is 5.92 Å². The van der Waals surface area contributed by atoms with Gasteiger partial charge in [-0.1, -0.05) is 25.5 Å². The summed E-state index contributed by atoms with van der Waals surface area (Å²) >= 11 is 0. The molecule has 1 fully saturated rings. The molecule has 2 atom stereocenters. The minimum Gasteiger partial charge on any atom is -0.481 e. The van der Waals surface area contributed by atoms with E-state index in [0.717, 1.165) is 12.8 Å². The lowest BCUT2D eigenvalue weighted by atomic mass is 9.79. The molecule has 1 saturated heterocycles. The molecule has 31 heavy (non-hydrogen) atoms. The van der Waals surface area contributed by atoms with Crippen LogP contribution in [0.15, 0.2) is 29.2 Å². The van der Waals surface area contributed by atoms with Gasteiger partial charge in [0, 0.05) is 13.2 Å². The summed E-state index contributed by atoms with van der Waals surface area (Å²) < 4.78 is 45.2. The monoisotopic (exact) mass is 455 g/mol. The van der Waals surface area contributed by atoms with E-state index in [-0.39, 0.29) is 11.4 Å². The molecule has 8 nitrogen and oxygen atoms in total. The minimum absolute atomic E-state index is 0.0384. The second-order valence-electron chi connectivity index (χ2n) is 8.88. The predicted octanol–water partition coefficient (Wildman–Crippen LogP) is 2.17. The Labute approximate surface area is 185 Å². The van der Waals surface area contributed by atoms with Crippen LogP contribution in [0.5, 0.6) is 0 Å². The number of carboxylic acid groups (broad SMARTS) is 1. The highest BCUT2D eigenvalue weighted by Gasteiger charge is 2.51. The van der Waals surface area contributed by atoms with Crippen molar-refractivity contribution in [3.05, 3.63) is 24.3 Å². The third-order valence-corrected chi connectivity index (χ3v) is 7.41. The highest BCUT2D eigenvalue weighted by atomic mass is 32.2. The summed E-state index contributed by atoms with van der Waals surface area (Å²) in [5.74, 6) is -2.10. The van der Waals surface area contributed by atoms with Gasteiger partial charge in [0.1, 0.15) is 0 Å². The van der Waals surface area contributed by atoms with Gasteiger partial charge < -0.3 is 19.2 Å². The van der Waals surface area contributed by atoms with E-state index < -0.39 is 46.3 Å². The van der Waals surface area contributed by atoms with Crippen LogP contribution in [0.25, 0.3) is 0 Å². The highest BCUT2D eigenvalue weighted by molar-refractivity contribution is 7.89. The molecule has 1 heterocycles. The molecule has 174 valence electrons. The van der Waals surface area contributed by atoms with E-state index in [1.54, 1.807) is 19.1 Å². The van der Waals surface area contributed by atoms with Crippen LogP contribution < -0.4 is 10.2 Å². The standard InChI is InChI=1S/C21H34BNO7S/c1-7-8-13-28-15(2)18(19(24)25)14-23-31(26,27)17-11-9-16(10-12-17)22-29-20(3,4)21(5,6)30-22/h9-12,15,18,23H,7-8,13-14H2,1-6H3,(H,24,25). The second kappa shape index (κ2) is 10.00. The number of aliphatic carboxylic acids is 1. The molecule has 1 aromatic carbocycles. The van der Waals surface area contributed by atoms with E-state index in [4.69, 9.17) is 14.0 Å². The molecule has 1 aliphatic heterocycles. The van der Waals surface area contributed by atoms with Crippen LogP contribution in [0.1, 0.15) is 54.4 Å². The first-order chi connectivity index (χ1) is 14.3. The van der Waals surface area contributed by atoms with E-state index in [0.29, 0.717) is 12.1 Å². The first kappa shape index (κ1) is 25.8. The van der Waals surface area contributed by atoms with Crippen molar-refractivity contribution in [3.8, 4) is 0 Å². The van der Waals surface area contributed by atoms with E-state index in [9.17, 15) is 18.3 Å². The van der Waals surface area contributed by atoms with Gasteiger partial charge in [-0.25, -0.2) is 13.1 Å². The van der Waals surface area contributed by atoms with E-state index in [1.165, 1.54) is 12.1 Å². The predicted molar refractivity (Wildman–Crippen MR) is 119 cm³/mol. The molecule has 0 aromatic heterocycles. The van der Waals surface area contributed by atoms with Crippen molar-refractivity contribution in [2.45, 2.75) is 76.6 Å². The minimum atomic E-state index is -3.88. The van der Waals surface area contributed by atoms with Crippen molar-refractivity contribution >= 4 is 28.6 Å². The fourth-order valence-electron chi connectivity index (χ4n) is 3.05. The molecule has 0 aliphatic carbocycles. The Bertz CT molecular complexity index is 839. The summed E-state index contributed by atoms with van der Waals surface area (Å²) in [4.78, 5) is 11.6. The van der Waals surface area contributed by atoms with Gasteiger partial charge >= 0.3 is 13.1 Å². The fourth-order valence-corrected chi connectivity index (χ4v) is 4.11. The maximum absolute atomic E-state index is 12.7. The van der Waals surface area contributed by atoms with Crippen molar-refractivity contribution < 1.29 is 32.4 Å². The van der Waals surface area contributed by atoms with E-state index >= 15 is 0 Å².